The highest BCUT2D eigenvalue weighted by Gasteiger charge is 2.21. The van der Waals surface area contributed by atoms with Crippen LogP contribution in [0.25, 0.3) is 0 Å². The van der Waals surface area contributed by atoms with Crippen molar-refractivity contribution in [2.24, 2.45) is 0 Å². The van der Waals surface area contributed by atoms with Crippen molar-refractivity contribution in [1.29, 1.82) is 0 Å². The van der Waals surface area contributed by atoms with Gasteiger partial charge in [-0.15, -0.1) is 0 Å². The van der Waals surface area contributed by atoms with E-state index < -0.39 is 0 Å². The Balaban J connectivity index is 3.00. The molecule has 1 amide bonds. The summed E-state index contributed by atoms with van der Waals surface area (Å²) in [6.07, 6.45) is 3.15. The smallest absolute Gasteiger partial charge is 0.255 e. The standard InChI is InChI=1S/C16H24BrNO/c1-5-7-10-18(13(4)6-2)16(19)14-11-12(3)8-9-15(14)17/h8-9,11,13H,5-7,10H2,1-4H3. The molecule has 0 saturated carbocycles. The minimum atomic E-state index is 0.137. The molecular weight excluding hydrogens is 302 g/mol. The maximum absolute atomic E-state index is 12.7. The van der Waals surface area contributed by atoms with Gasteiger partial charge in [0.2, 0.25) is 0 Å². The average molecular weight is 326 g/mol. The van der Waals surface area contributed by atoms with E-state index in [9.17, 15) is 4.79 Å². The van der Waals surface area contributed by atoms with E-state index >= 15 is 0 Å². The van der Waals surface area contributed by atoms with E-state index in [0.717, 1.165) is 41.4 Å². The molecule has 19 heavy (non-hydrogen) atoms. The molecular formula is C16H24BrNO. The summed E-state index contributed by atoms with van der Waals surface area (Å²) in [5.74, 6) is 0.137. The third-order valence-electron chi connectivity index (χ3n) is 3.49. The lowest BCUT2D eigenvalue weighted by Gasteiger charge is -2.29. The number of benzene rings is 1. The summed E-state index contributed by atoms with van der Waals surface area (Å²) in [7, 11) is 0. The van der Waals surface area contributed by atoms with Gasteiger partial charge < -0.3 is 4.90 Å². The minimum absolute atomic E-state index is 0.137. The Morgan fingerprint density at radius 2 is 2.05 bits per heavy atom. The zero-order chi connectivity index (χ0) is 14.4. The number of rotatable bonds is 6. The molecule has 0 fully saturated rings. The van der Waals surface area contributed by atoms with E-state index in [-0.39, 0.29) is 11.9 Å². The van der Waals surface area contributed by atoms with Crippen LogP contribution in [-0.2, 0) is 0 Å². The van der Waals surface area contributed by atoms with Gasteiger partial charge in [0.05, 0.1) is 5.56 Å². The molecule has 1 rings (SSSR count). The summed E-state index contributed by atoms with van der Waals surface area (Å²) < 4.78 is 0.882. The van der Waals surface area contributed by atoms with E-state index in [2.05, 4.69) is 36.7 Å². The first-order valence-corrected chi connectivity index (χ1v) is 7.87. The molecule has 1 unspecified atom stereocenters. The second-order valence-electron chi connectivity index (χ2n) is 5.09. The topological polar surface area (TPSA) is 20.3 Å². The van der Waals surface area contributed by atoms with Crippen molar-refractivity contribution in [3.8, 4) is 0 Å². The van der Waals surface area contributed by atoms with Crippen LogP contribution in [0.2, 0.25) is 0 Å². The largest absolute Gasteiger partial charge is 0.336 e. The maximum Gasteiger partial charge on any atom is 0.255 e. The predicted molar refractivity (Wildman–Crippen MR) is 84.6 cm³/mol. The molecule has 1 aromatic rings. The first-order valence-electron chi connectivity index (χ1n) is 7.08. The van der Waals surface area contributed by atoms with Crippen LogP contribution in [0.15, 0.2) is 22.7 Å². The Labute approximate surface area is 125 Å². The zero-order valence-corrected chi connectivity index (χ0v) is 14.0. The SMILES string of the molecule is CCCCN(C(=O)c1cc(C)ccc1Br)C(C)CC. The van der Waals surface area contributed by atoms with Crippen LogP contribution >= 0.6 is 15.9 Å². The molecule has 0 saturated heterocycles. The number of carbonyl (C=O) groups excluding carboxylic acids is 1. The molecule has 0 bridgehead atoms. The average Bonchev–Trinajstić information content (AvgIpc) is 2.41. The molecule has 2 nitrogen and oxygen atoms in total. The highest BCUT2D eigenvalue weighted by atomic mass is 79.9. The minimum Gasteiger partial charge on any atom is -0.336 e. The Kier molecular flexibility index (Phi) is 6.56. The van der Waals surface area contributed by atoms with Crippen molar-refractivity contribution < 1.29 is 4.79 Å². The summed E-state index contributed by atoms with van der Waals surface area (Å²) in [5, 5.41) is 0. The first-order chi connectivity index (χ1) is 9.01. The highest BCUT2D eigenvalue weighted by Crippen LogP contribution is 2.21. The molecule has 0 aliphatic rings. The van der Waals surface area contributed by atoms with E-state index in [1.807, 2.05) is 30.0 Å². The highest BCUT2D eigenvalue weighted by molar-refractivity contribution is 9.10. The number of halogens is 1. The lowest BCUT2D eigenvalue weighted by Crippen LogP contribution is -2.39. The van der Waals surface area contributed by atoms with Gasteiger partial charge in [-0.25, -0.2) is 0 Å². The molecule has 106 valence electrons. The Morgan fingerprint density at radius 1 is 1.37 bits per heavy atom. The van der Waals surface area contributed by atoms with Gasteiger partial charge in [0.1, 0.15) is 0 Å². The van der Waals surface area contributed by atoms with Gasteiger partial charge in [0.25, 0.3) is 5.91 Å². The van der Waals surface area contributed by atoms with Crippen LogP contribution in [0.5, 0.6) is 0 Å². The number of hydrogen-bond acceptors (Lipinski definition) is 1. The number of unbranched alkanes of at least 4 members (excludes halogenated alkanes) is 1. The van der Waals surface area contributed by atoms with E-state index in [1.54, 1.807) is 0 Å². The molecule has 0 aliphatic heterocycles. The lowest BCUT2D eigenvalue weighted by molar-refractivity contribution is 0.0684. The van der Waals surface area contributed by atoms with Gasteiger partial charge in [0, 0.05) is 17.1 Å². The second kappa shape index (κ2) is 7.68. The fourth-order valence-electron chi connectivity index (χ4n) is 2.03. The van der Waals surface area contributed by atoms with Crippen molar-refractivity contribution in [2.45, 2.75) is 53.0 Å². The zero-order valence-electron chi connectivity index (χ0n) is 12.4. The summed E-state index contributed by atoms with van der Waals surface area (Å²) in [4.78, 5) is 14.7. The number of amides is 1. The van der Waals surface area contributed by atoms with Gasteiger partial charge in [0.15, 0.2) is 0 Å². The summed E-state index contributed by atoms with van der Waals surface area (Å²) in [6, 6.07) is 6.22. The monoisotopic (exact) mass is 325 g/mol. The normalized spacial score (nSPS) is 12.3. The van der Waals surface area contributed by atoms with Crippen LogP contribution in [0, 0.1) is 6.92 Å². The van der Waals surface area contributed by atoms with Gasteiger partial charge in [-0.1, -0.05) is 31.9 Å². The van der Waals surface area contributed by atoms with Crippen molar-refractivity contribution in [3.05, 3.63) is 33.8 Å². The van der Waals surface area contributed by atoms with Crippen molar-refractivity contribution >= 4 is 21.8 Å². The molecule has 0 aliphatic carbocycles. The fraction of sp³-hybridized carbons (Fsp3) is 0.562. The number of carbonyl (C=O) groups is 1. The maximum atomic E-state index is 12.7. The summed E-state index contributed by atoms with van der Waals surface area (Å²) in [5.41, 5.74) is 1.89. The van der Waals surface area contributed by atoms with Gasteiger partial charge >= 0.3 is 0 Å². The van der Waals surface area contributed by atoms with Crippen molar-refractivity contribution in [1.82, 2.24) is 4.90 Å². The molecule has 3 heteroatoms. The third-order valence-corrected chi connectivity index (χ3v) is 4.18. The lowest BCUT2D eigenvalue weighted by atomic mass is 10.1. The first kappa shape index (κ1) is 16.2. The summed E-state index contributed by atoms with van der Waals surface area (Å²) >= 11 is 3.49. The molecule has 0 radical (unpaired) electrons. The molecule has 0 N–H and O–H groups in total. The third kappa shape index (κ3) is 4.34. The molecule has 1 aromatic carbocycles. The van der Waals surface area contributed by atoms with Crippen LogP contribution in [0.1, 0.15) is 56.0 Å². The van der Waals surface area contributed by atoms with E-state index in [1.165, 1.54) is 0 Å². The Bertz CT molecular complexity index is 431. The Morgan fingerprint density at radius 3 is 2.63 bits per heavy atom. The molecule has 1 atom stereocenters. The number of hydrogen-bond donors (Lipinski definition) is 0. The summed E-state index contributed by atoms with van der Waals surface area (Å²) in [6.45, 7) is 9.26. The molecule has 0 spiro atoms. The van der Waals surface area contributed by atoms with E-state index in [4.69, 9.17) is 0 Å². The van der Waals surface area contributed by atoms with Gasteiger partial charge in [-0.3, -0.25) is 4.79 Å². The van der Waals surface area contributed by atoms with Gasteiger partial charge in [-0.2, -0.15) is 0 Å². The fourth-order valence-corrected chi connectivity index (χ4v) is 2.44. The van der Waals surface area contributed by atoms with Gasteiger partial charge in [-0.05, 0) is 54.8 Å². The second-order valence-corrected chi connectivity index (χ2v) is 5.95. The van der Waals surface area contributed by atoms with Crippen LogP contribution in [-0.4, -0.2) is 23.4 Å². The van der Waals surface area contributed by atoms with E-state index in [0.29, 0.717) is 0 Å². The number of aryl methyl sites for hydroxylation is 1. The quantitative estimate of drug-likeness (QED) is 0.735. The van der Waals surface area contributed by atoms with Crippen molar-refractivity contribution in [3.63, 3.8) is 0 Å². The van der Waals surface area contributed by atoms with Crippen LogP contribution in [0.3, 0.4) is 0 Å². The Hall–Kier alpha value is -0.830. The van der Waals surface area contributed by atoms with Crippen LogP contribution < -0.4 is 0 Å². The molecule has 0 heterocycles. The van der Waals surface area contributed by atoms with Crippen molar-refractivity contribution in [2.75, 3.05) is 6.54 Å². The molecule has 0 aromatic heterocycles. The van der Waals surface area contributed by atoms with Crippen LogP contribution in [0.4, 0.5) is 0 Å². The number of nitrogens with zero attached hydrogens (tertiary/aromatic N) is 1. The predicted octanol–water partition coefficient (Wildman–Crippen LogP) is 4.80.